The molecule has 0 bridgehead atoms. The molecule has 0 unspecified atom stereocenters. The van der Waals surface area contributed by atoms with E-state index in [0.717, 1.165) is 23.7 Å². The summed E-state index contributed by atoms with van der Waals surface area (Å²) >= 11 is 0. The van der Waals surface area contributed by atoms with Crippen LogP contribution in [0.15, 0.2) is 36.4 Å². The van der Waals surface area contributed by atoms with E-state index in [4.69, 9.17) is 9.47 Å². The molecule has 0 aromatic heterocycles. The number of hydrogen-bond donors (Lipinski definition) is 1. The Balaban J connectivity index is 1.71. The predicted octanol–water partition coefficient (Wildman–Crippen LogP) is 3.69. The fraction of sp³-hybridized carbons (Fsp3) is 0.294. The van der Waals surface area contributed by atoms with Crippen molar-refractivity contribution in [2.75, 3.05) is 18.5 Å². The lowest BCUT2D eigenvalue weighted by Crippen LogP contribution is -2.15. The second-order valence-electron chi connectivity index (χ2n) is 5.21. The Kier molecular flexibility index (Phi) is 3.50. The summed E-state index contributed by atoms with van der Waals surface area (Å²) in [5.41, 5.74) is 4.88. The number of benzene rings is 2. The molecule has 20 heavy (non-hydrogen) atoms. The van der Waals surface area contributed by atoms with Crippen molar-refractivity contribution in [2.24, 2.45) is 0 Å². The zero-order chi connectivity index (χ0) is 13.9. The molecular weight excluding hydrogens is 250 g/mol. The molecule has 0 amide bonds. The quantitative estimate of drug-likeness (QED) is 0.922. The molecule has 0 atom stereocenters. The number of fused-ring (bicyclic) bond motifs is 1. The molecule has 1 aliphatic rings. The van der Waals surface area contributed by atoms with Crippen LogP contribution >= 0.6 is 0 Å². The van der Waals surface area contributed by atoms with Gasteiger partial charge in [-0.2, -0.15) is 0 Å². The number of anilines is 1. The van der Waals surface area contributed by atoms with E-state index in [0.29, 0.717) is 13.2 Å². The van der Waals surface area contributed by atoms with Gasteiger partial charge in [-0.05, 0) is 54.8 Å². The third kappa shape index (κ3) is 2.87. The first-order valence-corrected chi connectivity index (χ1v) is 6.91. The third-order valence-electron chi connectivity index (χ3n) is 3.32. The molecule has 1 aliphatic heterocycles. The van der Waals surface area contributed by atoms with E-state index < -0.39 is 0 Å². The fourth-order valence-electron chi connectivity index (χ4n) is 2.48. The smallest absolute Gasteiger partial charge is 0.161 e. The highest BCUT2D eigenvalue weighted by Crippen LogP contribution is 2.31. The van der Waals surface area contributed by atoms with Gasteiger partial charge in [0, 0.05) is 12.2 Å². The van der Waals surface area contributed by atoms with Crippen LogP contribution in [0.25, 0.3) is 0 Å². The van der Waals surface area contributed by atoms with Crippen LogP contribution in [0.1, 0.15) is 16.7 Å². The molecule has 0 aliphatic carbocycles. The van der Waals surface area contributed by atoms with E-state index in [-0.39, 0.29) is 0 Å². The Morgan fingerprint density at radius 3 is 2.35 bits per heavy atom. The van der Waals surface area contributed by atoms with Gasteiger partial charge in [-0.15, -0.1) is 0 Å². The van der Waals surface area contributed by atoms with Gasteiger partial charge < -0.3 is 14.8 Å². The molecular formula is C17H19NO2. The van der Waals surface area contributed by atoms with Gasteiger partial charge in [0.25, 0.3) is 0 Å². The van der Waals surface area contributed by atoms with Gasteiger partial charge >= 0.3 is 0 Å². The predicted molar refractivity (Wildman–Crippen MR) is 80.7 cm³/mol. The van der Waals surface area contributed by atoms with Crippen molar-refractivity contribution in [3.63, 3.8) is 0 Å². The first-order chi connectivity index (χ1) is 9.70. The Hall–Kier alpha value is -2.16. The Bertz CT molecular complexity index is 602. The van der Waals surface area contributed by atoms with Gasteiger partial charge in [0.05, 0.1) is 0 Å². The molecule has 0 saturated carbocycles. The summed E-state index contributed by atoms with van der Waals surface area (Å²) < 4.78 is 11.1. The topological polar surface area (TPSA) is 30.5 Å². The molecule has 2 aromatic rings. The summed E-state index contributed by atoms with van der Waals surface area (Å²) in [6.45, 7) is 6.26. The van der Waals surface area contributed by atoms with Crippen LogP contribution in [0.3, 0.4) is 0 Å². The monoisotopic (exact) mass is 269 g/mol. The van der Waals surface area contributed by atoms with Crippen LogP contribution in [0.5, 0.6) is 11.5 Å². The second-order valence-corrected chi connectivity index (χ2v) is 5.21. The zero-order valence-corrected chi connectivity index (χ0v) is 11.9. The summed E-state index contributed by atoms with van der Waals surface area (Å²) in [6.07, 6.45) is 0. The highest BCUT2D eigenvalue weighted by Gasteiger charge is 2.11. The van der Waals surface area contributed by atoms with Gasteiger partial charge in [0.15, 0.2) is 11.5 Å². The van der Waals surface area contributed by atoms with E-state index in [1.165, 1.54) is 16.7 Å². The average Bonchev–Trinajstić information content (AvgIpc) is 2.44. The number of ether oxygens (including phenoxy) is 2. The van der Waals surface area contributed by atoms with Crippen molar-refractivity contribution in [3.05, 3.63) is 53.1 Å². The Morgan fingerprint density at radius 2 is 1.60 bits per heavy atom. The molecule has 0 radical (unpaired) electrons. The van der Waals surface area contributed by atoms with E-state index in [2.05, 4.69) is 43.4 Å². The second kappa shape index (κ2) is 5.45. The lowest BCUT2D eigenvalue weighted by Gasteiger charge is -2.19. The van der Waals surface area contributed by atoms with Crippen LogP contribution in [-0.4, -0.2) is 13.2 Å². The minimum Gasteiger partial charge on any atom is -0.486 e. The van der Waals surface area contributed by atoms with Gasteiger partial charge in [-0.25, -0.2) is 0 Å². The molecule has 1 N–H and O–H groups in total. The molecule has 0 spiro atoms. The fourth-order valence-corrected chi connectivity index (χ4v) is 2.48. The zero-order valence-electron chi connectivity index (χ0n) is 11.9. The lowest BCUT2D eigenvalue weighted by molar-refractivity contribution is 0.171. The Labute approximate surface area is 119 Å². The standard InChI is InChI=1S/C17H19NO2/c1-12-7-13(2)9-15(8-12)18-11-14-3-4-16-17(10-14)20-6-5-19-16/h3-4,7-10,18H,5-6,11H2,1-2H3. The van der Waals surface area contributed by atoms with E-state index in [1.807, 2.05) is 12.1 Å². The van der Waals surface area contributed by atoms with Crippen molar-refractivity contribution >= 4 is 5.69 Å². The molecule has 104 valence electrons. The summed E-state index contributed by atoms with van der Waals surface area (Å²) in [6, 6.07) is 12.6. The lowest BCUT2D eigenvalue weighted by atomic mass is 10.1. The van der Waals surface area contributed by atoms with E-state index in [1.54, 1.807) is 0 Å². The summed E-state index contributed by atoms with van der Waals surface area (Å²) in [7, 11) is 0. The normalized spacial score (nSPS) is 13.1. The molecule has 1 heterocycles. The molecule has 3 rings (SSSR count). The SMILES string of the molecule is Cc1cc(C)cc(NCc2ccc3c(c2)OCCO3)c1. The number of aryl methyl sites for hydroxylation is 2. The van der Waals surface area contributed by atoms with Gasteiger partial charge in [-0.3, -0.25) is 0 Å². The molecule has 3 heteroatoms. The maximum absolute atomic E-state index is 5.60. The van der Waals surface area contributed by atoms with Crippen molar-refractivity contribution in [2.45, 2.75) is 20.4 Å². The van der Waals surface area contributed by atoms with Crippen molar-refractivity contribution in [1.29, 1.82) is 0 Å². The minimum absolute atomic E-state index is 0.626. The van der Waals surface area contributed by atoms with Crippen LogP contribution in [0.2, 0.25) is 0 Å². The molecule has 0 saturated heterocycles. The van der Waals surface area contributed by atoms with Crippen molar-refractivity contribution in [1.82, 2.24) is 0 Å². The maximum Gasteiger partial charge on any atom is 0.161 e. The van der Waals surface area contributed by atoms with Crippen LogP contribution in [0.4, 0.5) is 5.69 Å². The van der Waals surface area contributed by atoms with Gasteiger partial charge in [0.2, 0.25) is 0 Å². The summed E-state index contributed by atoms with van der Waals surface area (Å²) in [4.78, 5) is 0. The van der Waals surface area contributed by atoms with E-state index in [9.17, 15) is 0 Å². The number of hydrogen-bond acceptors (Lipinski definition) is 3. The van der Waals surface area contributed by atoms with Gasteiger partial charge in [0.1, 0.15) is 13.2 Å². The maximum atomic E-state index is 5.60. The first-order valence-electron chi connectivity index (χ1n) is 6.91. The largest absolute Gasteiger partial charge is 0.486 e. The highest BCUT2D eigenvalue weighted by atomic mass is 16.6. The highest BCUT2D eigenvalue weighted by molar-refractivity contribution is 5.50. The summed E-state index contributed by atoms with van der Waals surface area (Å²) in [5.74, 6) is 1.68. The minimum atomic E-state index is 0.626. The van der Waals surface area contributed by atoms with Crippen LogP contribution < -0.4 is 14.8 Å². The number of nitrogens with one attached hydrogen (secondary N) is 1. The third-order valence-corrected chi connectivity index (χ3v) is 3.32. The molecule has 3 nitrogen and oxygen atoms in total. The Morgan fingerprint density at radius 1 is 0.900 bits per heavy atom. The first kappa shape index (κ1) is 12.9. The van der Waals surface area contributed by atoms with E-state index >= 15 is 0 Å². The van der Waals surface area contributed by atoms with Crippen molar-refractivity contribution < 1.29 is 9.47 Å². The average molecular weight is 269 g/mol. The van der Waals surface area contributed by atoms with Gasteiger partial charge in [-0.1, -0.05) is 12.1 Å². The van der Waals surface area contributed by atoms with Crippen molar-refractivity contribution in [3.8, 4) is 11.5 Å². The van der Waals surface area contributed by atoms with Crippen LogP contribution in [0, 0.1) is 13.8 Å². The molecule has 0 fully saturated rings. The number of rotatable bonds is 3. The molecule has 2 aromatic carbocycles. The van der Waals surface area contributed by atoms with Crippen LogP contribution in [-0.2, 0) is 6.54 Å². The summed E-state index contributed by atoms with van der Waals surface area (Å²) in [5, 5.41) is 3.45.